The number of hydrogen-bond donors (Lipinski definition) is 0. The van der Waals surface area contributed by atoms with Crippen molar-refractivity contribution >= 4 is 5.91 Å². The van der Waals surface area contributed by atoms with Crippen LogP contribution in [0, 0.1) is 25.5 Å². The van der Waals surface area contributed by atoms with Crippen molar-refractivity contribution in [3.63, 3.8) is 0 Å². The zero-order valence-electron chi connectivity index (χ0n) is 16.9. The van der Waals surface area contributed by atoms with E-state index >= 15 is 0 Å². The summed E-state index contributed by atoms with van der Waals surface area (Å²) in [5.41, 5.74) is 3.98. The van der Waals surface area contributed by atoms with E-state index < -0.39 is 11.6 Å². The molecule has 3 aromatic rings. The average Bonchev–Trinajstić information content (AvgIpc) is 2.93. The van der Waals surface area contributed by atoms with Crippen LogP contribution < -0.4 is 4.74 Å². The minimum absolute atomic E-state index is 0.0107. The Morgan fingerprint density at radius 3 is 2.55 bits per heavy atom. The lowest BCUT2D eigenvalue weighted by molar-refractivity contribution is 0.0782. The van der Waals surface area contributed by atoms with Crippen molar-refractivity contribution in [1.29, 1.82) is 0 Å². The normalized spacial score (nSPS) is 10.8. The van der Waals surface area contributed by atoms with Gasteiger partial charge >= 0.3 is 0 Å². The van der Waals surface area contributed by atoms with Gasteiger partial charge in [-0.3, -0.25) is 9.48 Å². The number of hydrogen-bond acceptors (Lipinski definition) is 3. The molecule has 1 heterocycles. The first-order valence-electron chi connectivity index (χ1n) is 9.18. The van der Waals surface area contributed by atoms with Crippen LogP contribution in [0.2, 0.25) is 0 Å². The van der Waals surface area contributed by atoms with Crippen LogP contribution in [-0.2, 0) is 20.2 Å². The van der Waals surface area contributed by atoms with Crippen LogP contribution in [0.1, 0.15) is 32.9 Å². The van der Waals surface area contributed by atoms with E-state index in [-0.39, 0.29) is 18.3 Å². The first-order valence-corrected chi connectivity index (χ1v) is 9.18. The second-order valence-corrected chi connectivity index (χ2v) is 6.95. The van der Waals surface area contributed by atoms with E-state index in [2.05, 4.69) is 5.10 Å². The maximum absolute atomic E-state index is 13.8. The second kappa shape index (κ2) is 8.43. The zero-order chi connectivity index (χ0) is 21.1. The van der Waals surface area contributed by atoms with E-state index in [0.29, 0.717) is 17.7 Å². The number of halogens is 2. The molecule has 0 bridgehead atoms. The predicted octanol–water partition coefficient (Wildman–Crippen LogP) is 4.17. The number of ether oxygens (including phenoxy) is 1. The van der Waals surface area contributed by atoms with Gasteiger partial charge in [0.25, 0.3) is 5.91 Å². The van der Waals surface area contributed by atoms with Crippen molar-refractivity contribution in [2.24, 2.45) is 7.05 Å². The highest BCUT2D eigenvalue weighted by molar-refractivity contribution is 5.95. The van der Waals surface area contributed by atoms with E-state index in [9.17, 15) is 13.6 Å². The summed E-state index contributed by atoms with van der Waals surface area (Å²) in [5, 5.41) is 4.39. The molecule has 29 heavy (non-hydrogen) atoms. The molecule has 1 amide bonds. The molecule has 2 aromatic carbocycles. The fourth-order valence-corrected chi connectivity index (χ4v) is 3.16. The molecule has 152 valence electrons. The molecule has 0 spiro atoms. The second-order valence-electron chi connectivity index (χ2n) is 6.95. The largest absolute Gasteiger partial charge is 0.486 e. The number of benzene rings is 2. The molecule has 0 aliphatic rings. The summed E-state index contributed by atoms with van der Waals surface area (Å²) in [5.74, 6) is -1.70. The van der Waals surface area contributed by atoms with Gasteiger partial charge < -0.3 is 9.64 Å². The maximum atomic E-state index is 13.8. The van der Waals surface area contributed by atoms with E-state index in [0.717, 1.165) is 29.1 Å². The van der Waals surface area contributed by atoms with Gasteiger partial charge in [-0.05, 0) is 32.0 Å². The summed E-state index contributed by atoms with van der Waals surface area (Å²) in [6, 6.07) is 10.1. The summed E-state index contributed by atoms with van der Waals surface area (Å²) in [6.45, 7) is 4.29. The lowest BCUT2D eigenvalue weighted by atomic mass is 10.1. The van der Waals surface area contributed by atoms with E-state index in [4.69, 9.17) is 4.74 Å². The van der Waals surface area contributed by atoms with Crippen molar-refractivity contribution in [3.8, 4) is 5.75 Å². The Labute approximate surface area is 168 Å². The molecule has 0 aliphatic heterocycles. The quantitative estimate of drug-likeness (QED) is 0.625. The third-order valence-corrected chi connectivity index (χ3v) is 4.93. The first kappa shape index (κ1) is 20.5. The van der Waals surface area contributed by atoms with Gasteiger partial charge in [-0.15, -0.1) is 0 Å². The van der Waals surface area contributed by atoms with Gasteiger partial charge in [-0.1, -0.05) is 18.2 Å². The molecule has 0 atom stereocenters. The van der Waals surface area contributed by atoms with Gasteiger partial charge in [0, 0.05) is 49.1 Å². The number of rotatable bonds is 6. The lowest BCUT2D eigenvalue weighted by Gasteiger charge is -2.19. The van der Waals surface area contributed by atoms with Crippen LogP contribution in [0.25, 0.3) is 0 Å². The molecule has 0 saturated carbocycles. The predicted molar refractivity (Wildman–Crippen MR) is 106 cm³/mol. The topological polar surface area (TPSA) is 47.4 Å². The van der Waals surface area contributed by atoms with Gasteiger partial charge in [0.15, 0.2) is 11.6 Å². The zero-order valence-corrected chi connectivity index (χ0v) is 16.9. The molecule has 1 aromatic heterocycles. The van der Waals surface area contributed by atoms with Crippen molar-refractivity contribution in [2.75, 3.05) is 7.05 Å². The summed E-state index contributed by atoms with van der Waals surface area (Å²) >= 11 is 0. The van der Waals surface area contributed by atoms with Crippen molar-refractivity contribution < 1.29 is 18.3 Å². The minimum Gasteiger partial charge on any atom is -0.486 e. The number of aryl methyl sites for hydroxylation is 2. The lowest BCUT2D eigenvalue weighted by Crippen LogP contribution is -2.28. The van der Waals surface area contributed by atoms with Gasteiger partial charge in [-0.2, -0.15) is 5.10 Å². The molecule has 0 N–H and O–H groups in total. The number of carbonyl (C=O) groups excluding carboxylic acids is 1. The molecule has 0 unspecified atom stereocenters. The van der Waals surface area contributed by atoms with E-state index in [1.807, 2.05) is 20.9 Å². The molecular weight excluding hydrogens is 376 g/mol. The highest BCUT2D eigenvalue weighted by Crippen LogP contribution is 2.21. The van der Waals surface area contributed by atoms with E-state index in [1.54, 1.807) is 40.9 Å². The Morgan fingerprint density at radius 2 is 1.90 bits per heavy atom. The Morgan fingerprint density at radius 1 is 1.17 bits per heavy atom. The van der Waals surface area contributed by atoms with Crippen LogP contribution in [0.5, 0.6) is 5.75 Å². The summed E-state index contributed by atoms with van der Waals surface area (Å²) < 4.78 is 34.1. The molecule has 0 saturated heterocycles. The van der Waals surface area contributed by atoms with Crippen molar-refractivity contribution in [2.45, 2.75) is 27.0 Å². The summed E-state index contributed by atoms with van der Waals surface area (Å²) in [4.78, 5) is 14.7. The molecule has 0 fully saturated rings. The highest BCUT2D eigenvalue weighted by Gasteiger charge is 2.19. The Bertz CT molecular complexity index is 1050. The number of carbonyl (C=O) groups is 1. The van der Waals surface area contributed by atoms with Crippen molar-refractivity contribution in [1.82, 2.24) is 14.7 Å². The average molecular weight is 399 g/mol. The molecular formula is C22H23F2N3O2. The smallest absolute Gasteiger partial charge is 0.254 e. The fraction of sp³-hybridized carbons (Fsp3) is 0.273. The van der Waals surface area contributed by atoms with Crippen LogP contribution in [0.3, 0.4) is 0 Å². The minimum atomic E-state index is -0.784. The molecule has 5 nitrogen and oxygen atoms in total. The third kappa shape index (κ3) is 4.45. The number of aromatic nitrogens is 2. The summed E-state index contributed by atoms with van der Waals surface area (Å²) in [7, 11) is 3.60. The SMILES string of the molecule is Cc1nn(C)c(C)c1CN(C)C(=O)c1ccccc1COc1ccc(F)cc1F. The van der Waals surface area contributed by atoms with Gasteiger partial charge in [-0.25, -0.2) is 8.78 Å². The van der Waals surface area contributed by atoms with Crippen LogP contribution in [0.4, 0.5) is 8.78 Å². The highest BCUT2D eigenvalue weighted by atomic mass is 19.1. The Balaban J connectivity index is 1.77. The Hall–Kier alpha value is -3.22. The van der Waals surface area contributed by atoms with Crippen LogP contribution in [-0.4, -0.2) is 27.6 Å². The first-order chi connectivity index (χ1) is 13.8. The maximum Gasteiger partial charge on any atom is 0.254 e. The van der Waals surface area contributed by atoms with Gasteiger partial charge in [0.1, 0.15) is 12.4 Å². The van der Waals surface area contributed by atoms with Gasteiger partial charge in [0.05, 0.1) is 5.69 Å². The number of amides is 1. The van der Waals surface area contributed by atoms with Crippen LogP contribution >= 0.6 is 0 Å². The number of nitrogens with zero attached hydrogens (tertiary/aromatic N) is 3. The standard InChI is InChI=1S/C22H23F2N3O2/c1-14-19(15(2)27(4)25-14)12-26(3)22(28)18-8-6-5-7-16(18)13-29-21-10-9-17(23)11-20(21)24/h5-11H,12-13H2,1-4H3. The molecule has 0 aliphatic carbocycles. The van der Waals surface area contributed by atoms with E-state index in [1.165, 1.54) is 6.07 Å². The molecule has 3 rings (SSSR count). The van der Waals surface area contributed by atoms with Crippen LogP contribution in [0.15, 0.2) is 42.5 Å². The fourth-order valence-electron chi connectivity index (χ4n) is 3.16. The Kier molecular flexibility index (Phi) is 5.96. The third-order valence-electron chi connectivity index (χ3n) is 4.93. The molecule has 0 radical (unpaired) electrons. The monoisotopic (exact) mass is 399 g/mol. The van der Waals surface area contributed by atoms with Gasteiger partial charge in [0.2, 0.25) is 0 Å². The summed E-state index contributed by atoms with van der Waals surface area (Å²) in [6.07, 6.45) is 0. The van der Waals surface area contributed by atoms with Crippen molar-refractivity contribution in [3.05, 3.63) is 82.2 Å². The molecule has 7 heteroatoms.